The topological polar surface area (TPSA) is 89.8 Å². The molecule has 1 rings (SSSR count). The molecule has 82 valence electrons. The maximum absolute atomic E-state index is 11.0. The second kappa shape index (κ2) is 4.65. The van der Waals surface area contributed by atoms with E-state index in [-0.39, 0.29) is 18.0 Å². The van der Waals surface area contributed by atoms with Crippen LogP contribution in [0.5, 0.6) is 11.5 Å². The summed E-state index contributed by atoms with van der Waals surface area (Å²) in [6, 6.07) is 4.24. The zero-order valence-electron chi connectivity index (χ0n) is 8.27. The number of aliphatic hydroxyl groups excluding tert-OH is 1. The summed E-state index contributed by atoms with van der Waals surface area (Å²) in [5, 5.41) is 29.6. The van der Waals surface area contributed by atoms with Crippen LogP contribution in [0.25, 0.3) is 0 Å². The maximum atomic E-state index is 11.0. The first-order valence-corrected chi connectivity index (χ1v) is 4.47. The number of benzene rings is 1. The third-order valence-corrected chi connectivity index (χ3v) is 1.89. The summed E-state index contributed by atoms with van der Waals surface area (Å²) in [4.78, 5) is 11.0. The summed E-state index contributed by atoms with van der Waals surface area (Å²) >= 11 is 0. The maximum Gasteiger partial charge on any atom is 0.248 e. The van der Waals surface area contributed by atoms with E-state index < -0.39 is 12.0 Å². The van der Waals surface area contributed by atoms with Crippen LogP contribution in [0.4, 0.5) is 0 Å². The van der Waals surface area contributed by atoms with Gasteiger partial charge in [0.1, 0.15) is 6.10 Å². The van der Waals surface area contributed by atoms with Crippen molar-refractivity contribution in [2.45, 2.75) is 19.6 Å². The van der Waals surface area contributed by atoms with E-state index in [4.69, 9.17) is 15.3 Å². The minimum Gasteiger partial charge on any atom is -0.504 e. The molecule has 1 aromatic carbocycles. The highest BCUT2D eigenvalue weighted by molar-refractivity contribution is 5.79. The number of amides is 1. The van der Waals surface area contributed by atoms with Crippen molar-refractivity contribution in [3.8, 4) is 11.5 Å². The lowest BCUT2D eigenvalue weighted by atomic mass is 10.2. The number of carbonyl (C=O) groups excluding carboxylic acids is 1. The molecule has 0 aromatic heterocycles. The molecule has 0 aliphatic rings. The van der Waals surface area contributed by atoms with E-state index in [1.165, 1.54) is 19.1 Å². The lowest BCUT2D eigenvalue weighted by Crippen LogP contribution is -2.31. The Morgan fingerprint density at radius 2 is 2.07 bits per heavy atom. The number of carbonyl (C=O) groups is 1. The quantitative estimate of drug-likeness (QED) is 0.533. The zero-order chi connectivity index (χ0) is 11.4. The van der Waals surface area contributed by atoms with Gasteiger partial charge in [0.05, 0.1) is 0 Å². The van der Waals surface area contributed by atoms with E-state index in [2.05, 4.69) is 5.32 Å². The fourth-order valence-corrected chi connectivity index (χ4v) is 1.02. The van der Waals surface area contributed by atoms with Crippen molar-refractivity contribution in [1.82, 2.24) is 5.32 Å². The smallest absolute Gasteiger partial charge is 0.248 e. The molecule has 15 heavy (non-hydrogen) atoms. The Morgan fingerprint density at radius 3 is 2.60 bits per heavy atom. The summed E-state index contributed by atoms with van der Waals surface area (Å²) < 4.78 is 0. The molecule has 0 saturated carbocycles. The van der Waals surface area contributed by atoms with Gasteiger partial charge in [-0.2, -0.15) is 0 Å². The molecular weight excluding hydrogens is 198 g/mol. The lowest BCUT2D eigenvalue weighted by Gasteiger charge is -2.07. The van der Waals surface area contributed by atoms with Crippen LogP contribution in [0, 0.1) is 0 Å². The van der Waals surface area contributed by atoms with Gasteiger partial charge >= 0.3 is 0 Å². The molecule has 0 aliphatic carbocycles. The molecule has 1 amide bonds. The van der Waals surface area contributed by atoms with Gasteiger partial charge in [0.25, 0.3) is 0 Å². The molecule has 4 N–H and O–H groups in total. The number of aromatic hydroxyl groups is 2. The highest BCUT2D eigenvalue weighted by Gasteiger charge is 2.08. The first-order valence-electron chi connectivity index (χ1n) is 4.47. The molecule has 1 unspecified atom stereocenters. The minimum absolute atomic E-state index is 0.192. The average Bonchev–Trinajstić information content (AvgIpc) is 2.19. The molecule has 0 radical (unpaired) electrons. The van der Waals surface area contributed by atoms with Crippen LogP contribution in [0.15, 0.2) is 18.2 Å². The van der Waals surface area contributed by atoms with Crippen LogP contribution in [0.2, 0.25) is 0 Å². The lowest BCUT2D eigenvalue weighted by molar-refractivity contribution is -0.128. The number of hydrogen-bond donors (Lipinski definition) is 4. The number of nitrogens with one attached hydrogen (secondary N) is 1. The summed E-state index contributed by atoms with van der Waals surface area (Å²) in [6.45, 7) is 1.56. The van der Waals surface area contributed by atoms with E-state index in [9.17, 15) is 4.79 Å². The summed E-state index contributed by atoms with van der Waals surface area (Å²) in [5.74, 6) is -0.929. The van der Waals surface area contributed by atoms with Crippen LogP contribution in [0.3, 0.4) is 0 Å². The van der Waals surface area contributed by atoms with E-state index in [1.807, 2.05) is 0 Å². The molecule has 0 spiro atoms. The number of hydrogen-bond acceptors (Lipinski definition) is 4. The van der Waals surface area contributed by atoms with Crippen molar-refractivity contribution in [2.75, 3.05) is 0 Å². The Balaban J connectivity index is 2.58. The normalized spacial score (nSPS) is 12.1. The Hall–Kier alpha value is -1.75. The molecule has 0 bridgehead atoms. The second-order valence-corrected chi connectivity index (χ2v) is 3.22. The van der Waals surface area contributed by atoms with Crippen LogP contribution in [-0.2, 0) is 11.3 Å². The summed E-state index contributed by atoms with van der Waals surface area (Å²) in [5.41, 5.74) is 0.638. The molecule has 0 aliphatic heterocycles. The van der Waals surface area contributed by atoms with Gasteiger partial charge in [-0.3, -0.25) is 4.79 Å². The van der Waals surface area contributed by atoms with Gasteiger partial charge in [0.15, 0.2) is 11.5 Å². The summed E-state index contributed by atoms with van der Waals surface area (Å²) in [6.07, 6.45) is -1.06. The molecule has 1 aromatic rings. The second-order valence-electron chi connectivity index (χ2n) is 3.22. The highest BCUT2D eigenvalue weighted by Crippen LogP contribution is 2.24. The van der Waals surface area contributed by atoms with Gasteiger partial charge in [-0.25, -0.2) is 0 Å². The van der Waals surface area contributed by atoms with Crippen LogP contribution in [0.1, 0.15) is 12.5 Å². The number of phenolic OH excluding ortho intramolecular Hbond substituents is 2. The van der Waals surface area contributed by atoms with Crippen LogP contribution >= 0.6 is 0 Å². The molecule has 0 fully saturated rings. The van der Waals surface area contributed by atoms with Gasteiger partial charge in [0.2, 0.25) is 5.91 Å². The average molecular weight is 211 g/mol. The first kappa shape index (κ1) is 11.3. The molecule has 5 heteroatoms. The third-order valence-electron chi connectivity index (χ3n) is 1.89. The molecule has 1 atom stereocenters. The van der Waals surface area contributed by atoms with Gasteiger partial charge in [0, 0.05) is 6.54 Å². The fraction of sp³-hybridized carbons (Fsp3) is 0.300. The van der Waals surface area contributed by atoms with E-state index in [0.717, 1.165) is 0 Å². The zero-order valence-corrected chi connectivity index (χ0v) is 8.27. The molecular formula is C10H13NO4. The van der Waals surface area contributed by atoms with Crippen LogP contribution in [-0.4, -0.2) is 27.3 Å². The SMILES string of the molecule is CC(O)C(=O)NCc1ccc(O)c(O)c1. The highest BCUT2D eigenvalue weighted by atomic mass is 16.3. The molecule has 0 saturated heterocycles. The predicted octanol–water partition coefficient (Wildman–Crippen LogP) is 0.0948. The van der Waals surface area contributed by atoms with Gasteiger partial charge in [-0.15, -0.1) is 0 Å². The van der Waals surface area contributed by atoms with E-state index in [0.29, 0.717) is 5.56 Å². The Kier molecular flexibility index (Phi) is 3.51. The Morgan fingerprint density at radius 1 is 1.40 bits per heavy atom. The van der Waals surface area contributed by atoms with Crippen molar-refractivity contribution in [3.63, 3.8) is 0 Å². The fourth-order valence-electron chi connectivity index (χ4n) is 1.02. The minimum atomic E-state index is -1.06. The largest absolute Gasteiger partial charge is 0.504 e. The van der Waals surface area contributed by atoms with Crippen molar-refractivity contribution < 1.29 is 20.1 Å². The predicted molar refractivity (Wildman–Crippen MR) is 53.3 cm³/mol. The van der Waals surface area contributed by atoms with E-state index in [1.54, 1.807) is 6.07 Å². The standard InChI is InChI=1S/C10H13NO4/c1-6(12)10(15)11-5-7-2-3-8(13)9(14)4-7/h2-4,6,12-14H,5H2,1H3,(H,11,15). The number of phenols is 2. The Labute approximate surface area is 87.0 Å². The van der Waals surface area contributed by atoms with Crippen molar-refractivity contribution in [1.29, 1.82) is 0 Å². The monoisotopic (exact) mass is 211 g/mol. The van der Waals surface area contributed by atoms with Gasteiger partial charge < -0.3 is 20.6 Å². The Bertz CT molecular complexity index is 362. The third kappa shape index (κ3) is 3.14. The van der Waals surface area contributed by atoms with Crippen molar-refractivity contribution >= 4 is 5.91 Å². The van der Waals surface area contributed by atoms with E-state index >= 15 is 0 Å². The van der Waals surface area contributed by atoms with Crippen molar-refractivity contribution in [3.05, 3.63) is 23.8 Å². The molecule has 5 nitrogen and oxygen atoms in total. The summed E-state index contributed by atoms with van der Waals surface area (Å²) in [7, 11) is 0. The number of aliphatic hydroxyl groups is 1. The first-order chi connectivity index (χ1) is 7.00. The van der Waals surface area contributed by atoms with Crippen LogP contribution < -0.4 is 5.32 Å². The van der Waals surface area contributed by atoms with Gasteiger partial charge in [-0.05, 0) is 24.6 Å². The molecule has 0 heterocycles. The number of rotatable bonds is 3. The van der Waals surface area contributed by atoms with Crippen molar-refractivity contribution in [2.24, 2.45) is 0 Å². The van der Waals surface area contributed by atoms with Gasteiger partial charge in [-0.1, -0.05) is 6.07 Å².